The fourth-order valence-electron chi connectivity index (χ4n) is 3.24. The molecule has 1 aromatic carbocycles. The van der Waals surface area contributed by atoms with Crippen LogP contribution in [0.15, 0.2) is 36.5 Å². The number of hydrogen-bond donors (Lipinski definition) is 3. The summed E-state index contributed by atoms with van der Waals surface area (Å²) in [4.78, 5) is 39.5. The van der Waals surface area contributed by atoms with E-state index in [0.29, 0.717) is 42.8 Å². The highest BCUT2D eigenvalue weighted by molar-refractivity contribution is 5.98. The van der Waals surface area contributed by atoms with Gasteiger partial charge in [-0.3, -0.25) is 10.1 Å². The molecule has 0 saturated carbocycles. The number of aromatic hydroxyl groups is 1. The molecule has 3 heterocycles. The first-order chi connectivity index (χ1) is 14.0. The number of aromatic nitrogens is 3. The summed E-state index contributed by atoms with van der Waals surface area (Å²) in [6.07, 6.45) is 0.789. The van der Waals surface area contributed by atoms with E-state index in [9.17, 15) is 14.7 Å². The second-order valence-electron chi connectivity index (χ2n) is 6.59. The number of rotatable bonds is 3. The standard InChI is InChI=1S/C19H20N6O4/c1-29-19(28)23-18-21-14-4-2-12(10-15(14)22-18)17(27)25-8-6-24(7-9-25)16-5-3-13(26)11-20-16/h2-5,10-11,26H,6-9H2,1H3,(H2,21,22,23,28). The molecular formula is C19H20N6O4. The van der Waals surface area contributed by atoms with Crippen LogP contribution in [0.1, 0.15) is 10.4 Å². The predicted molar refractivity (Wildman–Crippen MR) is 106 cm³/mol. The molecule has 0 unspecified atom stereocenters. The van der Waals surface area contributed by atoms with Crippen LogP contribution in [0.5, 0.6) is 5.75 Å². The first kappa shape index (κ1) is 18.5. The van der Waals surface area contributed by atoms with Crippen molar-refractivity contribution in [3.63, 3.8) is 0 Å². The van der Waals surface area contributed by atoms with Crippen LogP contribution in [-0.2, 0) is 4.74 Å². The molecule has 1 aliphatic heterocycles. The van der Waals surface area contributed by atoms with Gasteiger partial charge in [0.25, 0.3) is 5.91 Å². The molecule has 3 N–H and O–H groups in total. The first-order valence-electron chi connectivity index (χ1n) is 9.07. The van der Waals surface area contributed by atoms with Crippen molar-refractivity contribution in [2.45, 2.75) is 0 Å². The van der Waals surface area contributed by atoms with Gasteiger partial charge >= 0.3 is 6.09 Å². The molecule has 0 radical (unpaired) electrons. The Labute approximate surface area is 166 Å². The molecule has 0 aliphatic carbocycles. The molecule has 29 heavy (non-hydrogen) atoms. The van der Waals surface area contributed by atoms with Gasteiger partial charge in [-0.25, -0.2) is 14.8 Å². The summed E-state index contributed by atoms with van der Waals surface area (Å²) in [7, 11) is 1.27. The van der Waals surface area contributed by atoms with Crippen LogP contribution in [0.4, 0.5) is 16.6 Å². The maximum absolute atomic E-state index is 12.9. The number of carbonyl (C=O) groups is 2. The third-order valence-corrected chi connectivity index (χ3v) is 4.76. The molecule has 150 valence electrons. The Morgan fingerprint density at radius 1 is 1.17 bits per heavy atom. The Hall–Kier alpha value is -3.82. The quantitative estimate of drug-likeness (QED) is 0.617. The van der Waals surface area contributed by atoms with Crippen molar-refractivity contribution in [2.75, 3.05) is 43.5 Å². The van der Waals surface area contributed by atoms with E-state index in [1.54, 1.807) is 35.2 Å². The smallest absolute Gasteiger partial charge is 0.413 e. The summed E-state index contributed by atoms with van der Waals surface area (Å²) in [5.74, 6) is 1.09. The second-order valence-corrected chi connectivity index (χ2v) is 6.59. The van der Waals surface area contributed by atoms with Crippen molar-refractivity contribution in [3.8, 4) is 5.75 Å². The lowest BCUT2D eigenvalue weighted by Gasteiger charge is -2.35. The summed E-state index contributed by atoms with van der Waals surface area (Å²) in [6.45, 7) is 2.45. The van der Waals surface area contributed by atoms with E-state index < -0.39 is 6.09 Å². The maximum Gasteiger partial charge on any atom is 0.413 e. The highest BCUT2D eigenvalue weighted by atomic mass is 16.5. The minimum Gasteiger partial charge on any atom is -0.506 e. The summed E-state index contributed by atoms with van der Waals surface area (Å²) >= 11 is 0. The van der Waals surface area contributed by atoms with E-state index >= 15 is 0 Å². The van der Waals surface area contributed by atoms with Crippen LogP contribution in [0.3, 0.4) is 0 Å². The first-order valence-corrected chi connectivity index (χ1v) is 9.07. The molecule has 4 rings (SSSR count). The van der Waals surface area contributed by atoms with E-state index in [2.05, 4.69) is 29.9 Å². The van der Waals surface area contributed by atoms with Crippen LogP contribution < -0.4 is 10.2 Å². The number of hydrogen-bond acceptors (Lipinski definition) is 7. The number of piperazine rings is 1. The lowest BCUT2D eigenvalue weighted by Crippen LogP contribution is -2.49. The summed E-state index contributed by atoms with van der Waals surface area (Å²) in [5.41, 5.74) is 1.83. The number of amides is 2. The highest BCUT2D eigenvalue weighted by Crippen LogP contribution is 2.20. The van der Waals surface area contributed by atoms with Crippen molar-refractivity contribution in [2.24, 2.45) is 0 Å². The van der Waals surface area contributed by atoms with Gasteiger partial charge in [0.1, 0.15) is 11.6 Å². The number of ether oxygens (including phenoxy) is 1. The number of anilines is 2. The van der Waals surface area contributed by atoms with Gasteiger partial charge in [-0.05, 0) is 30.3 Å². The molecular weight excluding hydrogens is 376 g/mol. The highest BCUT2D eigenvalue weighted by Gasteiger charge is 2.23. The van der Waals surface area contributed by atoms with Crippen LogP contribution in [0.25, 0.3) is 11.0 Å². The van der Waals surface area contributed by atoms with Gasteiger partial charge in [-0.1, -0.05) is 0 Å². The van der Waals surface area contributed by atoms with E-state index in [-0.39, 0.29) is 17.6 Å². The minimum atomic E-state index is -0.624. The minimum absolute atomic E-state index is 0.0673. The lowest BCUT2D eigenvalue weighted by molar-refractivity contribution is 0.0746. The van der Waals surface area contributed by atoms with Gasteiger partial charge in [-0.2, -0.15) is 0 Å². The average molecular weight is 396 g/mol. The molecule has 1 saturated heterocycles. The fraction of sp³-hybridized carbons (Fsp3) is 0.263. The molecule has 0 atom stereocenters. The molecule has 1 fully saturated rings. The number of pyridine rings is 1. The van der Waals surface area contributed by atoms with Crippen molar-refractivity contribution < 1.29 is 19.4 Å². The third kappa shape index (κ3) is 3.91. The van der Waals surface area contributed by atoms with E-state index in [4.69, 9.17) is 0 Å². The SMILES string of the molecule is COC(=O)Nc1nc2ccc(C(=O)N3CCN(c4ccc(O)cn4)CC3)cc2[nH]1. The van der Waals surface area contributed by atoms with Gasteiger partial charge in [0.05, 0.1) is 24.3 Å². The molecule has 3 aromatic rings. The monoisotopic (exact) mass is 396 g/mol. The second kappa shape index (κ2) is 7.66. The Morgan fingerprint density at radius 2 is 1.97 bits per heavy atom. The van der Waals surface area contributed by atoms with Gasteiger partial charge in [0.15, 0.2) is 0 Å². The molecule has 0 bridgehead atoms. The van der Waals surface area contributed by atoms with Gasteiger partial charge in [-0.15, -0.1) is 0 Å². The van der Waals surface area contributed by atoms with Gasteiger partial charge < -0.3 is 24.6 Å². The summed E-state index contributed by atoms with van der Waals surface area (Å²) in [6, 6.07) is 8.54. The number of methoxy groups -OCH3 is 1. The largest absolute Gasteiger partial charge is 0.506 e. The summed E-state index contributed by atoms with van der Waals surface area (Å²) in [5, 5.41) is 11.8. The number of imidazole rings is 1. The fourth-order valence-corrected chi connectivity index (χ4v) is 3.24. The number of aromatic amines is 1. The molecule has 10 heteroatoms. The average Bonchev–Trinajstić information content (AvgIpc) is 3.15. The maximum atomic E-state index is 12.9. The number of benzene rings is 1. The van der Waals surface area contributed by atoms with Gasteiger partial charge in [0.2, 0.25) is 5.95 Å². The zero-order chi connectivity index (χ0) is 20.4. The lowest BCUT2D eigenvalue weighted by atomic mass is 10.1. The van der Waals surface area contributed by atoms with E-state index in [1.165, 1.54) is 13.3 Å². The van der Waals surface area contributed by atoms with Gasteiger partial charge in [0, 0.05) is 31.7 Å². The van der Waals surface area contributed by atoms with Crippen LogP contribution in [0, 0.1) is 0 Å². The zero-order valence-electron chi connectivity index (χ0n) is 15.8. The number of carbonyl (C=O) groups excluding carboxylic acids is 2. The number of nitrogens with one attached hydrogen (secondary N) is 2. The topological polar surface area (TPSA) is 124 Å². The van der Waals surface area contributed by atoms with Crippen molar-refractivity contribution in [1.29, 1.82) is 0 Å². The molecule has 2 amide bonds. The number of nitrogens with zero attached hydrogens (tertiary/aromatic N) is 4. The Morgan fingerprint density at radius 3 is 2.66 bits per heavy atom. The third-order valence-electron chi connectivity index (χ3n) is 4.76. The van der Waals surface area contributed by atoms with Crippen molar-refractivity contribution in [1.82, 2.24) is 19.9 Å². The van der Waals surface area contributed by atoms with E-state index in [1.807, 2.05) is 0 Å². The zero-order valence-corrected chi connectivity index (χ0v) is 15.8. The summed E-state index contributed by atoms with van der Waals surface area (Å²) < 4.78 is 4.55. The van der Waals surface area contributed by atoms with E-state index in [0.717, 1.165) is 5.82 Å². The number of H-pyrrole nitrogens is 1. The van der Waals surface area contributed by atoms with Crippen LogP contribution in [0.2, 0.25) is 0 Å². The van der Waals surface area contributed by atoms with Crippen molar-refractivity contribution in [3.05, 3.63) is 42.1 Å². The Bertz CT molecular complexity index is 1040. The molecule has 10 nitrogen and oxygen atoms in total. The van der Waals surface area contributed by atoms with Crippen molar-refractivity contribution >= 4 is 34.8 Å². The predicted octanol–water partition coefficient (Wildman–Crippen LogP) is 1.80. The number of fused-ring (bicyclic) bond motifs is 1. The molecule has 1 aliphatic rings. The Kier molecular flexibility index (Phi) is 4.90. The van der Waals surface area contributed by atoms with Crippen LogP contribution >= 0.6 is 0 Å². The molecule has 0 spiro atoms. The van der Waals surface area contributed by atoms with Crippen LogP contribution in [-0.4, -0.2) is 70.2 Å². The Balaban J connectivity index is 1.43. The normalized spacial score (nSPS) is 14.1. The molecule has 2 aromatic heterocycles.